The molecule has 5 heteroatoms. The predicted molar refractivity (Wildman–Crippen MR) is 283 cm³/mol. The summed E-state index contributed by atoms with van der Waals surface area (Å²) in [6, 6.07) is 17.1. The minimum atomic E-state index is -0.276. The molecule has 4 nitrogen and oxygen atoms in total. The van der Waals surface area contributed by atoms with Crippen molar-refractivity contribution in [1.82, 2.24) is 0 Å². The van der Waals surface area contributed by atoms with Gasteiger partial charge in [0.1, 0.15) is 23.0 Å². The van der Waals surface area contributed by atoms with Crippen LogP contribution in [0.5, 0.6) is 23.0 Å². The molecule has 0 aliphatic carbocycles. The van der Waals surface area contributed by atoms with Crippen LogP contribution in [0, 0.1) is 27.7 Å². The van der Waals surface area contributed by atoms with Gasteiger partial charge in [-0.1, -0.05) is 153 Å². The van der Waals surface area contributed by atoms with Gasteiger partial charge in [0.15, 0.2) is 0 Å². The largest absolute Gasteiger partial charge is 0.508 e. The van der Waals surface area contributed by atoms with Gasteiger partial charge in [-0.2, -0.15) is 11.8 Å². The number of unbranched alkanes of at least 4 members (excludes halogenated alkanes) is 5. The fraction of sp³-hybridized carbons (Fsp3) is 0.600. The van der Waals surface area contributed by atoms with Crippen LogP contribution in [0.1, 0.15) is 233 Å². The Hall–Kier alpha value is -3.57. The predicted octanol–water partition coefficient (Wildman–Crippen LogP) is 17.1. The monoisotopic (exact) mass is 907 g/mol. The van der Waals surface area contributed by atoms with Gasteiger partial charge in [-0.3, -0.25) is 0 Å². The van der Waals surface area contributed by atoms with Crippen molar-refractivity contribution in [2.24, 2.45) is 0 Å². The Bertz CT molecular complexity index is 2080. The van der Waals surface area contributed by atoms with Crippen molar-refractivity contribution in [3.63, 3.8) is 0 Å². The lowest BCUT2D eigenvalue weighted by atomic mass is 9.64. The molecule has 4 aromatic carbocycles. The fourth-order valence-corrected chi connectivity index (χ4v) is 11.4. The van der Waals surface area contributed by atoms with Gasteiger partial charge >= 0.3 is 0 Å². The Morgan fingerprint density at radius 1 is 0.400 bits per heavy atom. The molecular formula is C60H90O4S. The standard InChI is InChI=1S/C60H90O4S/c1-18-19-20-21-22-27-60(46-37-50(58(12,13)14)54(63)33-41(46)4,47-38-51(59(15,16)17)55(64)34-42(47)5)28-23-24-29-65-30-25-26-43(44-35-48(56(6,7)8)52(61)31-39(44)2)45-36-49(57(9,10)11)53(62)32-40(45)3/h31-38,43,61-64H,18-30H2,1-17H3. The zero-order valence-electron chi connectivity index (χ0n) is 44.1. The van der Waals surface area contributed by atoms with Gasteiger partial charge in [0.25, 0.3) is 0 Å². The molecule has 360 valence electrons. The van der Waals surface area contributed by atoms with Gasteiger partial charge in [-0.25, -0.2) is 0 Å². The van der Waals surface area contributed by atoms with Crippen LogP contribution < -0.4 is 0 Å². The highest BCUT2D eigenvalue weighted by atomic mass is 32.2. The van der Waals surface area contributed by atoms with Crippen LogP contribution in [0.4, 0.5) is 0 Å². The third kappa shape index (κ3) is 13.3. The Morgan fingerprint density at radius 2 is 0.738 bits per heavy atom. The Morgan fingerprint density at radius 3 is 1.12 bits per heavy atom. The number of aromatic hydroxyl groups is 4. The highest BCUT2D eigenvalue weighted by molar-refractivity contribution is 7.99. The molecule has 4 aromatic rings. The molecule has 0 bridgehead atoms. The van der Waals surface area contributed by atoms with E-state index in [-0.39, 0.29) is 33.0 Å². The first-order chi connectivity index (χ1) is 30.0. The Balaban J connectivity index is 1.66. The van der Waals surface area contributed by atoms with E-state index in [1.807, 2.05) is 24.3 Å². The summed E-state index contributed by atoms with van der Waals surface area (Å²) in [5.41, 5.74) is 12.4. The molecule has 65 heavy (non-hydrogen) atoms. The van der Waals surface area contributed by atoms with E-state index in [0.29, 0.717) is 23.0 Å². The van der Waals surface area contributed by atoms with Crippen molar-refractivity contribution >= 4 is 11.8 Å². The second-order valence-corrected chi connectivity index (χ2v) is 25.1. The number of hydrogen-bond donors (Lipinski definition) is 4. The highest BCUT2D eigenvalue weighted by Crippen LogP contribution is 2.50. The van der Waals surface area contributed by atoms with Gasteiger partial charge in [0.2, 0.25) is 0 Å². The molecule has 0 spiro atoms. The SMILES string of the molecule is CCCCCCCC(CCCCSCCCC(c1cc(C(C)(C)C)c(O)cc1C)c1cc(C(C)(C)C)c(O)cc1C)(c1cc(C(C)(C)C)c(O)cc1C)c1cc(C(C)(C)C)c(O)cc1C. The molecule has 0 unspecified atom stereocenters. The minimum Gasteiger partial charge on any atom is -0.508 e. The summed E-state index contributed by atoms with van der Waals surface area (Å²) in [7, 11) is 0. The van der Waals surface area contributed by atoms with E-state index in [0.717, 1.165) is 101 Å². The summed E-state index contributed by atoms with van der Waals surface area (Å²) in [6.45, 7) is 37.1. The Labute approximate surface area is 401 Å². The van der Waals surface area contributed by atoms with Crippen molar-refractivity contribution in [3.8, 4) is 23.0 Å². The summed E-state index contributed by atoms with van der Waals surface area (Å²) in [6.07, 6.45) is 12.3. The van der Waals surface area contributed by atoms with Crippen molar-refractivity contribution < 1.29 is 20.4 Å². The Kier molecular flexibility index (Phi) is 17.9. The quantitative estimate of drug-likeness (QED) is 0.0705. The summed E-state index contributed by atoms with van der Waals surface area (Å²) in [5, 5.41) is 44.9. The molecule has 4 rings (SSSR count). The lowest BCUT2D eigenvalue weighted by molar-refractivity contribution is 0.388. The third-order valence-corrected chi connectivity index (χ3v) is 15.3. The highest BCUT2D eigenvalue weighted by Gasteiger charge is 2.39. The maximum absolute atomic E-state index is 11.4. The molecule has 0 aliphatic heterocycles. The van der Waals surface area contributed by atoms with E-state index in [9.17, 15) is 20.4 Å². The van der Waals surface area contributed by atoms with Crippen LogP contribution in [0.25, 0.3) is 0 Å². The molecule has 0 saturated carbocycles. The third-order valence-electron chi connectivity index (χ3n) is 14.1. The van der Waals surface area contributed by atoms with Gasteiger partial charge in [-0.05, 0) is 184 Å². The zero-order valence-corrected chi connectivity index (χ0v) is 44.9. The molecular weight excluding hydrogens is 817 g/mol. The first-order valence-electron chi connectivity index (χ1n) is 25.0. The average molecular weight is 907 g/mol. The average Bonchev–Trinajstić information content (AvgIpc) is 3.15. The lowest BCUT2D eigenvalue weighted by Crippen LogP contribution is -2.31. The molecule has 0 amide bonds. The molecule has 0 aromatic heterocycles. The number of phenolic OH excluding ortho intramolecular Hbond substituents is 4. The van der Waals surface area contributed by atoms with Gasteiger partial charge in [-0.15, -0.1) is 0 Å². The van der Waals surface area contributed by atoms with Crippen molar-refractivity contribution in [2.75, 3.05) is 11.5 Å². The van der Waals surface area contributed by atoms with Crippen LogP contribution in [0.2, 0.25) is 0 Å². The molecule has 0 heterocycles. The second kappa shape index (κ2) is 21.6. The number of thioether (sulfide) groups is 1. The normalized spacial score (nSPS) is 13.0. The molecule has 0 fully saturated rings. The van der Waals surface area contributed by atoms with Gasteiger partial charge < -0.3 is 20.4 Å². The zero-order chi connectivity index (χ0) is 48.9. The number of rotatable bonds is 19. The maximum Gasteiger partial charge on any atom is 0.119 e. The number of hydrogen-bond acceptors (Lipinski definition) is 5. The molecule has 0 atom stereocenters. The van der Waals surface area contributed by atoms with E-state index in [4.69, 9.17) is 0 Å². The van der Waals surface area contributed by atoms with E-state index in [1.165, 1.54) is 47.9 Å². The first kappa shape index (κ1) is 54.0. The van der Waals surface area contributed by atoms with Crippen LogP contribution in [-0.2, 0) is 27.1 Å². The molecule has 0 radical (unpaired) electrons. The summed E-state index contributed by atoms with van der Waals surface area (Å²) in [5.74, 6) is 3.74. The number of phenols is 4. The minimum absolute atomic E-state index is 0.134. The lowest BCUT2D eigenvalue weighted by Gasteiger charge is -2.40. The van der Waals surface area contributed by atoms with E-state index < -0.39 is 0 Å². The van der Waals surface area contributed by atoms with E-state index in [1.54, 1.807) is 0 Å². The van der Waals surface area contributed by atoms with Crippen LogP contribution in [0.15, 0.2) is 48.5 Å². The summed E-state index contributed by atoms with van der Waals surface area (Å²) in [4.78, 5) is 0. The molecule has 4 N–H and O–H groups in total. The smallest absolute Gasteiger partial charge is 0.119 e. The number of benzene rings is 4. The van der Waals surface area contributed by atoms with E-state index >= 15 is 0 Å². The fourth-order valence-electron chi connectivity index (χ4n) is 10.4. The maximum atomic E-state index is 11.4. The summed E-state index contributed by atoms with van der Waals surface area (Å²) < 4.78 is 0. The molecule has 0 saturated heterocycles. The van der Waals surface area contributed by atoms with Gasteiger partial charge in [0.05, 0.1) is 0 Å². The second-order valence-electron chi connectivity index (χ2n) is 23.8. The van der Waals surface area contributed by atoms with Crippen LogP contribution >= 0.6 is 11.8 Å². The summed E-state index contributed by atoms with van der Waals surface area (Å²) >= 11 is 2.06. The van der Waals surface area contributed by atoms with Crippen molar-refractivity contribution in [2.45, 2.75) is 221 Å². The van der Waals surface area contributed by atoms with Crippen molar-refractivity contribution in [3.05, 3.63) is 115 Å². The van der Waals surface area contributed by atoms with Crippen LogP contribution in [-0.4, -0.2) is 31.9 Å². The van der Waals surface area contributed by atoms with Gasteiger partial charge in [0, 0.05) is 11.3 Å². The molecule has 0 aliphatic rings. The van der Waals surface area contributed by atoms with Crippen LogP contribution in [0.3, 0.4) is 0 Å². The van der Waals surface area contributed by atoms with E-state index in [2.05, 4.69) is 154 Å². The number of aryl methyl sites for hydroxylation is 4. The first-order valence-corrected chi connectivity index (χ1v) is 26.1. The topological polar surface area (TPSA) is 80.9 Å². The van der Waals surface area contributed by atoms with Crippen molar-refractivity contribution in [1.29, 1.82) is 0 Å².